The maximum atomic E-state index is 5.95. The maximum absolute atomic E-state index is 5.95. The van der Waals surface area contributed by atoms with Crippen molar-refractivity contribution >= 4 is 23.2 Å². The summed E-state index contributed by atoms with van der Waals surface area (Å²) in [5, 5.41) is 8.88. The highest BCUT2D eigenvalue weighted by Gasteiger charge is 2.11. The SMILES string of the molecule is CCn1c(CCl)nnc1-c1cccc(Cl)c1. The molecule has 0 spiro atoms. The molecule has 0 amide bonds. The smallest absolute Gasteiger partial charge is 0.164 e. The van der Waals surface area contributed by atoms with Crippen LogP contribution in [-0.4, -0.2) is 14.8 Å². The number of benzene rings is 1. The highest BCUT2D eigenvalue weighted by atomic mass is 35.5. The van der Waals surface area contributed by atoms with Crippen LogP contribution in [0.3, 0.4) is 0 Å². The summed E-state index contributed by atoms with van der Waals surface area (Å²) < 4.78 is 1.98. The van der Waals surface area contributed by atoms with Gasteiger partial charge in [-0.15, -0.1) is 21.8 Å². The minimum absolute atomic E-state index is 0.363. The van der Waals surface area contributed by atoms with Gasteiger partial charge in [0.25, 0.3) is 0 Å². The number of nitrogens with zero attached hydrogens (tertiary/aromatic N) is 3. The number of hydrogen-bond donors (Lipinski definition) is 0. The van der Waals surface area contributed by atoms with Crippen LogP contribution in [-0.2, 0) is 12.4 Å². The van der Waals surface area contributed by atoms with Crippen molar-refractivity contribution < 1.29 is 0 Å². The van der Waals surface area contributed by atoms with E-state index in [1.54, 1.807) is 0 Å². The van der Waals surface area contributed by atoms with E-state index < -0.39 is 0 Å². The van der Waals surface area contributed by atoms with E-state index in [9.17, 15) is 0 Å². The summed E-state index contributed by atoms with van der Waals surface area (Å²) in [5.74, 6) is 1.95. The first kappa shape index (κ1) is 11.4. The second-order valence-corrected chi connectivity index (χ2v) is 4.03. The first-order valence-corrected chi connectivity index (χ1v) is 5.91. The third kappa shape index (κ3) is 2.06. The zero-order chi connectivity index (χ0) is 11.5. The van der Waals surface area contributed by atoms with Crippen LogP contribution in [0.1, 0.15) is 12.7 Å². The quantitative estimate of drug-likeness (QED) is 0.788. The van der Waals surface area contributed by atoms with Crippen molar-refractivity contribution in [3.63, 3.8) is 0 Å². The van der Waals surface area contributed by atoms with Gasteiger partial charge in [0.15, 0.2) is 5.82 Å². The first-order valence-electron chi connectivity index (χ1n) is 5.00. The van der Waals surface area contributed by atoms with Gasteiger partial charge in [-0.1, -0.05) is 23.7 Å². The third-order valence-electron chi connectivity index (χ3n) is 2.35. The standard InChI is InChI=1S/C11H11Cl2N3/c1-2-16-10(7-12)14-15-11(16)8-4-3-5-9(13)6-8/h3-6H,2,7H2,1H3. The molecule has 1 aromatic carbocycles. The van der Waals surface area contributed by atoms with Crippen LogP contribution in [0.4, 0.5) is 0 Å². The van der Waals surface area contributed by atoms with Gasteiger partial charge >= 0.3 is 0 Å². The lowest BCUT2D eigenvalue weighted by Gasteiger charge is -2.05. The van der Waals surface area contributed by atoms with Crippen LogP contribution < -0.4 is 0 Å². The van der Waals surface area contributed by atoms with Gasteiger partial charge in [-0.25, -0.2) is 0 Å². The van der Waals surface area contributed by atoms with E-state index in [4.69, 9.17) is 23.2 Å². The lowest BCUT2D eigenvalue weighted by Crippen LogP contribution is -2.01. The minimum atomic E-state index is 0.363. The molecule has 0 N–H and O–H groups in total. The number of halogens is 2. The Morgan fingerprint density at radius 1 is 1.31 bits per heavy atom. The van der Waals surface area contributed by atoms with Crippen molar-refractivity contribution in [2.24, 2.45) is 0 Å². The summed E-state index contributed by atoms with van der Waals surface area (Å²) in [6.07, 6.45) is 0. The van der Waals surface area contributed by atoms with E-state index in [1.165, 1.54) is 0 Å². The maximum Gasteiger partial charge on any atom is 0.164 e. The molecule has 5 heteroatoms. The van der Waals surface area contributed by atoms with Crippen molar-refractivity contribution in [1.82, 2.24) is 14.8 Å². The molecule has 0 aliphatic rings. The molecule has 0 aliphatic heterocycles. The molecular formula is C11H11Cl2N3. The van der Waals surface area contributed by atoms with Gasteiger partial charge in [0.05, 0.1) is 5.88 Å². The van der Waals surface area contributed by atoms with Crippen molar-refractivity contribution in [3.05, 3.63) is 35.1 Å². The van der Waals surface area contributed by atoms with Gasteiger partial charge in [-0.05, 0) is 19.1 Å². The Balaban J connectivity index is 2.51. The predicted molar refractivity (Wildman–Crippen MR) is 65.7 cm³/mol. The first-order chi connectivity index (χ1) is 7.76. The Bertz CT molecular complexity index is 494. The fraction of sp³-hybridized carbons (Fsp3) is 0.273. The Morgan fingerprint density at radius 2 is 2.12 bits per heavy atom. The summed E-state index contributed by atoms with van der Waals surface area (Å²) in [6, 6.07) is 7.56. The Hall–Kier alpha value is -1.06. The molecular weight excluding hydrogens is 245 g/mol. The van der Waals surface area contributed by atoms with Crippen LogP contribution in [0.25, 0.3) is 11.4 Å². The van der Waals surface area contributed by atoms with Gasteiger partial charge in [-0.3, -0.25) is 0 Å². The van der Waals surface area contributed by atoms with Crippen molar-refractivity contribution in [2.75, 3.05) is 0 Å². The molecule has 0 unspecified atom stereocenters. The molecule has 1 heterocycles. The van der Waals surface area contributed by atoms with Crippen LogP contribution in [0, 0.1) is 0 Å². The molecule has 0 saturated heterocycles. The molecule has 2 rings (SSSR count). The molecule has 16 heavy (non-hydrogen) atoms. The van der Waals surface area contributed by atoms with E-state index in [0.717, 1.165) is 23.8 Å². The highest BCUT2D eigenvalue weighted by Crippen LogP contribution is 2.22. The number of hydrogen-bond acceptors (Lipinski definition) is 2. The average Bonchev–Trinajstić information content (AvgIpc) is 2.71. The fourth-order valence-electron chi connectivity index (χ4n) is 1.61. The predicted octanol–water partition coefficient (Wildman–Crippen LogP) is 3.36. The molecule has 0 atom stereocenters. The normalized spacial score (nSPS) is 10.7. The molecule has 0 saturated carbocycles. The van der Waals surface area contributed by atoms with E-state index in [-0.39, 0.29) is 0 Å². The summed E-state index contributed by atoms with van der Waals surface area (Å²) in [4.78, 5) is 0. The van der Waals surface area contributed by atoms with Crippen LogP contribution in [0.5, 0.6) is 0 Å². The lowest BCUT2D eigenvalue weighted by molar-refractivity contribution is 0.731. The molecule has 3 nitrogen and oxygen atoms in total. The van der Waals surface area contributed by atoms with Crippen LogP contribution in [0.15, 0.2) is 24.3 Å². The number of aromatic nitrogens is 3. The van der Waals surface area contributed by atoms with Crippen molar-refractivity contribution in [2.45, 2.75) is 19.3 Å². The van der Waals surface area contributed by atoms with Crippen LogP contribution in [0.2, 0.25) is 5.02 Å². The second kappa shape index (κ2) is 4.85. The summed E-state index contributed by atoms with van der Waals surface area (Å²) in [6.45, 7) is 2.82. The van der Waals surface area contributed by atoms with Gasteiger partial charge < -0.3 is 4.57 Å². The fourth-order valence-corrected chi connectivity index (χ4v) is 2.00. The Kier molecular flexibility index (Phi) is 3.46. The van der Waals surface area contributed by atoms with Crippen molar-refractivity contribution in [1.29, 1.82) is 0 Å². The zero-order valence-corrected chi connectivity index (χ0v) is 10.3. The third-order valence-corrected chi connectivity index (χ3v) is 2.82. The minimum Gasteiger partial charge on any atom is -0.310 e. The van der Waals surface area contributed by atoms with E-state index in [0.29, 0.717) is 10.9 Å². The molecule has 1 aromatic heterocycles. The van der Waals surface area contributed by atoms with Gasteiger partial charge in [0, 0.05) is 17.1 Å². The average molecular weight is 256 g/mol. The second-order valence-electron chi connectivity index (χ2n) is 3.33. The van der Waals surface area contributed by atoms with Gasteiger partial charge in [-0.2, -0.15) is 0 Å². The number of rotatable bonds is 3. The van der Waals surface area contributed by atoms with Gasteiger partial charge in [0.1, 0.15) is 5.82 Å². The molecule has 0 bridgehead atoms. The lowest BCUT2D eigenvalue weighted by atomic mass is 10.2. The van der Waals surface area contributed by atoms with Gasteiger partial charge in [0.2, 0.25) is 0 Å². The summed E-state index contributed by atoms with van der Waals surface area (Å²) in [7, 11) is 0. The summed E-state index contributed by atoms with van der Waals surface area (Å²) >= 11 is 11.7. The molecule has 0 radical (unpaired) electrons. The zero-order valence-electron chi connectivity index (χ0n) is 8.82. The molecule has 0 fully saturated rings. The van der Waals surface area contributed by atoms with E-state index >= 15 is 0 Å². The van der Waals surface area contributed by atoms with Crippen molar-refractivity contribution in [3.8, 4) is 11.4 Å². The molecule has 84 valence electrons. The van der Waals surface area contributed by atoms with E-state index in [2.05, 4.69) is 10.2 Å². The number of alkyl halides is 1. The van der Waals surface area contributed by atoms with Crippen LogP contribution >= 0.6 is 23.2 Å². The molecule has 2 aromatic rings. The Labute approximate surface area is 104 Å². The topological polar surface area (TPSA) is 30.7 Å². The summed E-state index contributed by atoms with van der Waals surface area (Å²) in [5.41, 5.74) is 0.957. The monoisotopic (exact) mass is 255 g/mol. The largest absolute Gasteiger partial charge is 0.310 e. The molecule has 0 aliphatic carbocycles. The highest BCUT2D eigenvalue weighted by molar-refractivity contribution is 6.30. The van der Waals surface area contributed by atoms with E-state index in [1.807, 2.05) is 35.8 Å². The Morgan fingerprint density at radius 3 is 2.75 bits per heavy atom.